The molecule has 10 heteroatoms. The Labute approximate surface area is 197 Å². The zero-order valence-electron chi connectivity index (χ0n) is 19.5. The molecule has 2 heterocycles. The van der Waals surface area contributed by atoms with Crippen LogP contribution in [-0.2, 0) is 16.1 Å². The lowest BCUT2D eigenvalue weighted by molar-refractivity contribution is -0.119. The Morgan fingerprint density at radius 3 is 2.71 bits per heavy atom. The van der Waals surface area contributed by atoms with Gasteiger partial charge in [0, 0.05) is 45.0 Å². The van der Waals surface area contributed by atoms with Gasteiger partial charge in [-0.3, -0.25) is 20.4 Å². The molecule has 1 saturated heterocycles. The number of carbonyl (C=O) groups is 2. The predicted molar refractivity (Wildman–Crippen MR) is 127 cm³/mol. The van der Waals surface area contributed by atoms with E-state index in [1.807, 2.05) is 4.57 Å². The maximum absolute atomic E-state index is 13.6. The van der Waals surface area contributed by atoms with Crippen molar-refractivity contribution in [1.82, 2.24) is 25.3 Å². The molecular weight excluding hydrogens is 439 g/mol. The van der Waals surface area contributed by atoms with Crippen LogP contribution >= 0.6 is 0 Å². The van der Waals surface area contributed by atoms with Gasteiger partial charge in [-0.1, -0.05) is 12.1 Å². The van der Waals surface area contributed by atoms with Gasteiger partial charge in [0.2, 0.25) is 5.91 Å². The van der Waals surface area contributed by atoms with Crippen molar-refractivity contribution >= 4 is 28.5 Å². The van der Waals surface area contributed by atoms with Gasteiger partial charge in [0.15, 0.2) is 0 Å². The van der Waals surface area contributed by atoms with E-state index >= 15 is 0 Å². The minimum Gasteiger partial charge on any atom is -0.375 e. The maximum Gasteiger partial charge on any atom is 0.255 e. The normalized spacial score (nSPS) is 17.8. The first-order valence-corrected chi connectivity index (χ1v) is 11.1. The Hall–Kier alpha value is -3.34. The highest BCUT2D eigenvalue weighted by atomic mass is 19.1. The van der Waals surface area contributed by atoms with Crippen LogP contribution in [0.25, 0.3) is 11.0 Å². The molecule has 34 heavy (non-hydrogen) atoms. The highest BCUT2D eigenvalue weighted by Crippen LogP contribution is 2.26. The van der Waals surface area contributed by atoms with Crippen LogP contribution in [-0.4, -0.2) is 65.7 Å². The number of imidazole rings is 1. The van der Waals surface area contributed by atoms with Gasteiger partial charge >= 0.3 is 0 Å². The largest absolute Gasteiger partial charge is 0.375 e. The zero-order valence-corrected chi connectivity index (χ0v) is 19.5. The van der Waals surface area contributed by atoms with Crippen molar-refractivity contribution in [2.45, 2.75) is 32.0 Å². The summed E-state index contributed by atoms with van der Waals surface area (Å²) in [7, 11) is 3.20. The van der Waals surface area contributed by atoms with Crippen LogP contribution in [0.4, 0.5) is 10.1 Å². The Morgan fingerprint density at radius 1 is 1.26 bits per heavy atom. The molecule has 1 fully saturated rings. The number of amides is 2. The standard InChI is InChI=1S/C24H29FN6O3/c1-15-8-19(29-28-15)12-30(2)24(33)20-9-18(27-22(32)13-34-3)10-21-23(20)31(14-26-21)11-16-4-6-17(25)7-5-16/h4-7,9-10,14-15,19,28-29H,8,11-13H2,1-3H3,(H,27,32). The molecule has 9 nitrogen and oxygen atoms in total. The Morgan fingerprint density at radius 2 is 2.03 bits per heavy atom. The number of nitrogens with one attached hydrogen (secondary N) is 3. The SMILES string of the molecule is COCC(=O)Nc1cc(C(=O)N(C)CC2CC(C)NN2)c2c(c1)ncn2Cc1ccc(F)cc1. The molecular formula is C24H29FN6O3. The lowest BCUT2D eigenvalue weighted by Gasteiger charge is -2.22. The van der Waals surface area contributed by atoms with Crippen LogP contribution in [0.5, 0.6) is 0 Å². The van der Waals surface area contributed by atoms with Crippen LogP contribution in [0.15, 0.2) is 42.7 Å². The fourth-order valence-electron chi connectivity index (χ4n) is 4.22. The number of rotatable bonds is 8. The summed E-state index contributed by atoms with van der Waals surface area (Å²) < 4.78 is 20.1. The third-order valence-electron chi connectivity index (χ3n) is 5.78. The van der Waals surface area contributed by atoms with E-state index in [4.69, 9.17) is 4.74 Å². The molecule has 0 aliphatic carbocycles. The molecule has 2 amide bonds. The van der Waals surface area contributed by atoms with E-state index < -0.39 is 0 Å². The zero-order chi connectivity index (χ0) is 24.2. The van der Waals surface area contributed by atoms with Crippen molar-refractivity contribution in [3.8, 4) is 0 Å². The van der Waals surface area contributed by atoms with Crippen LogP contribution in [0.3, 0.4) is 0 Å². The predicted octanol–water partition coefficient (Wildman–Crippen LogP) is 2.14. The highest BCUT2D eigenvalue weighted by molar-refractivity contribution is 6.07. The lowest BCUT2D eigenvalue weighted by Crippen LogP contribution is -2.41. The summed E-state index contributed by atoms with van der Waals surface area (Å²) in [6, 6.07) is 10.1. The summed E-state index contributed by atoms with van der Waals surface area (Å²) in [5.74, 6) is -0.817. The number of hydrazine groups is 1. The number of hydrogen-bond donors (Lipinski definition) is 3. The van der Waals surface area contributed by atoms with E-state index in [-0.39, 0.29) is 30.3 Å². The summed E-state index contributed by atoms with van der Waals surface area (Å²) in [6.07, 6.45) is 2.55. The summed E-state index contributed by atoms with van der Waals surface area (Å²) in [5.41, 5.74) is 9.37. The molecule has 0 spiro atoms. The second-order valence-electron chi connectivity index (χ2n) is 8.68. The number of hydrogen-bond acceptors (Lipinski definition) is 6. The van der Waals surface area contributed by atoms with E-state index in [9.17, 15) is 14.0 Å². The lowest BCUT2D eigenvalue weighted by atomic mass is 10.1. The topological polar surface area (TPSA) is 101 Å². The molecule has 1 aliphatic rings. The monoisotopic (exact) mass is 468 g/mol. The fraction of sp³-hybridized carbons (Fsp3) is 0.375. The summed E-state index contributed by atoms with van der Waals surface area (Å²) >= 11 is 0. The van der Waals surface area contributed by atoms with E-state index in [0.29, 0.717) is 41.4 Å². The van der Waals surface area contributed by atoms with Crippen molar-refractivity contribution in [3.63, 3.8) is 0 Å². The second-order valence-corrected chi connectivity index (χ2v) is 8.68. The number of methoxy groups -OCH3 is 1. The van der Waals surface area contributed by atoms with E-state index in [1.165, 1.54) is 19.2 Å². The first-order valence-electron chi connectivity index (χ1n) is 11.1. The van der Waals surface area contributed by atoms with Crippen LogP contribution < -0.4 is 16.2 Å². The third kappa shape index (κ3) is 5.41. The second kappa shape index (κ2) is 10.3. The minimum atomic E-state index is -0.324. The number of ether oxygens (including phenoxy) is 1. The molecule has 0 bridgehead atoms. The molecule has 3 aromatic rings. The van der Waals surface area contributed by atoms with Crippen molar-refractivity contribution < 1.29 is 18.7 Å². The maximum atomic E-state index is 13.6. The number of aromatic nitrogens is 2. The molecule has 0 radical (unpaired) electrons. The summed E-state index contributed by atoms with van der Waals surface area (Å²) in [6.45, 7) is 2.92. The smallest absolute Gasteiger partial charge is 0.255 e. The molecule has 4 rings (SSSR count). The van der Waals surface area contributed by atoms with Gasteiger partial charge in [-0.2, -0.15) is 0 Å². The van der Waals surface area contributed by atoms with Crippen LogP contribution in [0, 0.1) is 5.82 Å². The third-order valence-corrected chi connectivity index (χ3v) is 5.78. The molecule has 2 atom stereocenters. The van der Waals surface area contributed by atoms with Crippen molar-refractivity contribution in [2.75, 3.05) is 32.6 Å². The molecule has 0 saturated carbocycles. The number of anilines is 1. The molecule has 2 unspecified atom stereocenters. The number of halogens is 1. The number of carbonyl (C=O) groups excluding carboxylic acids is 2. The average molecular weight is 469 g/mol. The van der Waals surface area contributed by atoms with Gasteiger partial charge in [-0.25, -0.2) is 9.37 Å². The van der Waals surface area contributed by atoms with Gasteiger partial charge < -0.3 is 19.5 Å². The van der Waals surface area contributed by atoms with E-state index in [0.717, 1.165) is 12.0 Å². The Kier molecular flexibility index (Phi) is 7.20. The van der Waals surface area contributed by atoms with E-state index in [2.05, 4.69) is 28.1 Å². The van der Waals surface area contributed by atoms with Crippen molar-refractivity contribution in [2.24, 2.45) is 0 Å². The molecule has 1 aliphatic heterocycles. The molecule has 2 aromatic carbocycles. The van der Waals surface area contributed by atoms with Gasteiger partial charge in [0.25, 0.3) is 5.91 Å². The summed E-state index contributed by atoms with van der Waals surface area (Å²) in [4.78, 5) is 31.8. The van der Waals surface area contributed by atoms with Crippen molar-refractivity contribution in [1.29, 1.82) is 0 Å². The fourth-order valence-corrected chi connectivity index (χ4v) is 4.22. The highest BCUT2D eigenvalue weighted by Gasteiger charge is 2.26. The number of nitrogens with zero attached hydrogens (tertiary/aromatic N) is 3. The Balaban J connectivity index is 1.69. The van der Waals surface area contributed by atoms with Gasteiger partial charge in [-0.15, -0.1) is 0 Å². The molecule has 1 aromatic heterocycles. The van der Waals surface area contributed by atoms with Crippen LogP contribution in [0.2, 0.25) is 0 Å². The quantitative estimate of drug-likeness (QED) is 0.468. The molecule has 180 valence electrons. The van der Waals surface area contributed by atoms with Gasteiger partial charge in [0.05, 0.1) is 22.9 Å². The Bertz CT molecular complexity index is 1180. The number of fused-ring (bicyclic) bond motifs is 1. The van der Waals surface area contributed by atoms with Gasteiger partial charge in [0.1, 0.15) is 12.4 Å². The first kappa shape index (κ1) is 23.8. The van der Waals surface area contributed by atoms with Crippen molar-refractivity contribution in [3.05, 3.63) is 59.7 Å². The summed E-state index contributed by atoms with van der Waals surface area (Å²) in [5, 5.41) is 2.77. The number of benzene rings is 2. The van der Waals surface area contributed by atoms with E-state index in [1.54, 1.807) is 42.5 Å². The van der Waals surface area contributed by atoms with Crippen LogP contribution in [0.1, 0.15) is 29.3 Å². The minimum absolute atomic E-state index is 0.0985. The first-order chi connectivity index (χ1) is 16.3. The number of likely N-dealkylation sites (N-methyl/N-ethyl adjacent to an activating group) is 1. The molecule has 3 N–H and O–H groups in total. The average Bonchev–Trinajstić information content (AvgIpc) is 3.40. The van der Waals surface area contributed by atoms with Gasteiger partial charge in [-0.05, 0) is 43.2 Å².